The fourth-order valence-electron chi connectivity index (χ4n) is 10.5. The molecule has 4 heteroatoms. The molecule has 4 aromatic heterocycles. The molecular weight excluding hydrogens is 731 g/mol. The van der Waals surface area contributed by atoms with Crippen LogP contribution in [-0.2, 0) is 0 Å². The molecule has 0 atom stereocenters. The SMILES string of the molecule is c1ccc(-c2c(N(c3ccc4oc5ccccc5c4c3)c3ccc4c(c3)n3c5ccccc5c5ccc6c7ccccc7n4c6c53)c3ccccc3c3ccccc23)cc1. The van der Waals surface area contributed by atoms with E-state index < -0.39 is 0 Å². The number of hydrogen-bond donors (Lipinski definition) is 0. The average Bonchev–Trinajstić information content (AvgIpc) is 3.97. The van der Waals surface area contributed by atoms with Gasteiger partial charge in [-0.15, -0.1) is 0 Å². The highest BCUT2D eigenvalue weighted by molar-refractivity contribution is 6.26. The standard InChI is InChI=1S/C56H33N3O/c1-2-14-34(15-3-1)53-42-21-6-4-16-37(42)38-17-5-7-22-43(38)54(53)57(35-27-31-52-46(32-35)41-20-10-13-25-51(41)60-52)36-26-30-49-50(33-36)59-48-24-12-9-19-40(48)45-29-28-44-39-18-8-11-23-47(39)58(49)55(44)56(45)59/h1-33H. The number of fused-ring (bicyclic) bond motifs is 15. The maximum Gasteiger partial charge on any atom is 0.135 e. The van der Waals surface area contributed by atoms with E-state index in [9.17, 15) is 0 Å². The molecule has 0 aliphatic heterocycles. The number of hydrogen-bond acceptors (Lipinski definition) is 2. The summed E-state index contributed by atoms with van der Waals surface area (Å²) in [6.07, 6.45) is 0. The van der Waals surface area contributed by atoms with E-state index in [2.05, 4.69) is 208 Å². The van der Waals surface area contributed by atoms with Crippen LogP contribution in [0.4, 0.5) is 17.1 Å². The summed E-state index contributed by atoms with van der Waals surface area (Å²) < 4.78 is 11.4. The van der Waals surface area contributed by atoms with Gasteiger partial charge in [0.05, 0.1) is 38.8 Å². The molecule has 0 aliphatic carbocycles. The summed E-state index contributed by atoms with van der Waals surface area (Å²) >= 11 is 0. The lowest BCUT2D eigenvalue weighted by Gasteiger charge is -2.31. The highest BCUT2D eigenvalue weighted by Crippen LogP contribution is 2.51. The first-order chi connectivity index (χ1) is 29.8. The van der Waals surface area contributed by atoms with Crippen LogP contribution in [0.25, 0.3) is 109 Å². The van der Waals surface area contributed by atoms with Gasteiger partial charge in [-0.05, 0) is 76.3 Å². The van der Waals surface area contributed by atoms with Crippen LogP contribution < -0.4 is 4.90 Å². The van der Waals surface area contributed by atoms with Gasteiger partial charge in [0.1, 0.15) is 11.2 Å². The van der Waals surface area contributed by atoms with Gasteiger partial charge in [-0.1, -0.05) is 146 Å². The zero-order valence-electron chi connectivity index (χ0n) is 32.3. The molecule has 14 aromatic rings. The van der Waals surface area contributed by atoms with Crippen molar-refractivity contribution in [2.24, 2.45) is 0 Å². The lowest BCUT2D eigenvalue weighted by Crippen LogP contribution is -2.13. The van der Waals surface area contributed by atoms with Crippen LogP contribution in [0.1, 0.15) is 0 Å². The molecule has 0 unspecified atom stereocenters. The van der Waals surface area contributed by atoms with Crippen molar-refractivity contribution >= 4 is 115 Å². The summed E-state index contributed by atoms with van der Waals surface area (Å²) in [5, 5.41) is 12.1. The molecule has 60 heavy (non-hydrogen) atoms. The molecule has 0 amide bonds. The molecular formula is C56H33N3O. The van der Waals surface area contributed by atoms with E-state index in [1.54, 1.807) is 0 Å². The number of anilines is 3. The molecule has 4 nitrogen and oxygen atoms in total. The highest BCUT2D eigenvalue weighted by atomic mass is 16.3. The molecule has 0 saturated carbocycles. The van der Waals surface area contributed by atoms with E-state index >= 15 is 0 Å². The van der Waals surface area contributed by atoms with E-state index in [1.165, 1.54) is 76.3 Å². The van der Waals surface area contributed by atoms with Crippen LogP contribution in [0.15, 0.2) is 205 Å². The number of para-hydroxylation sites is 3. The number of benzene rings is 10. The molecule has 0 spiro atoms. The summed E-state index contributed by atoms with van der Waals surface area (Å²) in [6.45, 7) is 0. The Morgan fingerprint density at radius 2 is 0.833 bits per heavy atom. The average molecular weight is 764 g/mol. The third-order valence-corrected chi connectivity index (χ3v) is 13.0. The summed E-state index contributed by atoms with van der Waals surface area (Å²) in [5.74, 6) is 0. The Kier molecular flexibility index (Phi) is 6.26. The summed E-state index contributed by atoms with van der Waals surface area (Å²) in [6, 6.07) is 73.2. The van der Waals surface area contributed by atoms with Gasteiger partial charge in [-0.2, -0.15) is 0 Å². The van der Waals surface area contributed by atoms with E-state index in [1.807, 2.05) is 6.07 Å². The maximum atomic E-state index is 6.42. The molecule has 278 valence electrons. The number of nitrogens with zero attached hydrogens (tertiary/aromatic N) is 3. The number of furan rings is 1. The van der Waals surface area contributed by atoms with Crippen molar-refractivity contribution in [2.75, 3.05) is 4.90 Å². The molecule has 0 aliphatic rings. The van der Waals surface area contributed by atoms with Gasteiger partial charge in [-0.3, -0.25) is 0 Å². The van der Waals surface area contributed by atoms with Crippen LogP contribution in [0.5, 0.6) is 0 Å². The molecule has 0 radical (unpaired) electrons. The Bertz CT molecular complexity index is 4070. The van der Waals surface area contributed by atoms with Crippen LogP contribution in [0.2, 0.25) is 0 Å². The third kappa shape index (κ3) is 4.14. The summed E-state index contributed by atoms with van der Waals surface area (Å²) in [7, 11) is 0. The molecule has 0 saturated heterocycles. The second-order valence-corrected chi connectivity index (χ2v) is 16.0. The van der Waals surface area contributed by atoms with Gasteiger partial charge >= 0.3 is 0 Å². The largest absolute Gasteiger partial charge is 0.456 e. The van der Waals surface area contributed by atoms with Crippen LogP contribution in [0, 0.1) is 0 Å². The van der Waals surface area contributed by atoms with E-state index in [0.717, 1.165) is 50.0 Å². The normalized spacial score (nSPS) is 12.3. The minimum atomic E-state index is 0.873. The van der Waals surface area contributed by atoms with Gasteiger partial charge in [0.15, 0.2) is 0 Å². The number of aromatic nitrogens is 2. The zero-order chi connectivity index (χ0) is 39.1. The Balaban J connectivity index is 1.18. The van der Waals surface area contributed by atoms with E-state index in [-0.39, 0.29) is 0 Å². The predicted molar refractivity (Wildman–Crippen MR) is 252 cm³/mol. The topological polar surface area (TPSA) is 25.2 Å². The quantitative estimate of drug-likeness (QED) is 0.132. The first kappa shape index (κ1) is 31.9. The second-order valence-electron chi connectivity index (χ2n) is 16.0. The van der Waals surface area contributed by atoms with Crippen LogP contribution in [0.3, 0.4) is 0 Å². The highest BCUT2D eigenvalue weighted by Gasteiger charge is 2.27. The van der Waals surface area contributed by atoms with E-state index in [4.69, 9.17) is 4.42 Å². The number of rotatable bonds is 4. The lowest BCUT2D eigenvalue weighted by atomic mass is 9.90. The Labute approximate surface area is 343 Å². The third-order valence-electron chi connectivity index (χ3n) is 13.0. The Morgan fingerprint density at radius 3 is 1.55 bits per heavy atom. The van der Waals surface area contributed by atoms with Crippen molar-refractivity contribution in [3.8, 4) is 11.1 Å². The van der Waals surface area contributed by atoms with Crippen molar-refractivity contribution in [3.63, 3.8) is 0 Å². The molecule has 0 N–H and O–H groups in total. The zero-order valence-corrected chi connectivity index (χ0v) is 32.3. The van der Waals surface area contributed by atoms with Crippen LogP contribution >= 0.6 is 0 Å². The minimum Gasteiger partial charge on any atom is -0.456 e. The minimum absolute atomic E-state index is 0.873. The maximum absolute atomic E-state index is 6.42. The van der Waals surface area contributed by atoms with Crippen molar-refractivity contribution in [3.05, 3.63) is 200 Å². The van der Waals surface area contributed by atoms with Crippen molar-refractivity contribution in [1.29, 1.82) is 0 Å². The first-order valence-electron chi connectivity index (χ1n) is 20.6. The smallest absolute Gasteiger partial charge is 0.135 e. The van der Waals surface area contributed by atoms with Crippen molar-refractivity contribution in [1.82, 2.24) is 8.80 Å². The molecule has 14 rings (SSSR count). The van der Waals surface area contributed by atoms with Gasteiger partial charge in [0.25, 0.3) is 0 Å². The van der Waals surface area contributed by atoms with Crippen LogP contribution in [-0.4, -0.2) is 8.80 Å². The lowest BCUT2D eigenvalue weighted by molar-refractivity contribution is 0.669. The first-order valence-corrected chi connectivity index (χ1v) is 20.6. The molecule has 0 fully saturated rings. The molecule has 4 heterocycles. The Morgan fingerprint density at radius 1 is 0.317 bits per heavy atom. The predicted octanol–water partition coefficient (Wildman–Crippen LogP) is 15.6. The Hall–Kier alpha value is -8.08. The van der Waals surface area contributed by atoms with Gasteiger partial charge in [-0.25, -0.2) is 0 Å². The summed E-state index contributed by atoms with van der Waals surface area (Å²) in [5.41, 5.74) is 14.6. The van der Waals surface area contributed by atoms with Gasteiger partial charge in [0, 0.05) is 54.6 Å². The second kappa shape index (κ2) is 11.8. The van der Waals surface area contributed by atoms with Crippen molar-refractivity contribution < 1.29 is 4.42 Å². The fraction of sp³-hybridized carbons (Fsp3) is 0. The monoisotopic (exact) mass is 763 g/mol. The van der Waals surface area contributed by atoms with Gasteiger partial charge < -0.3 is 18.1 Å². The van der Waals surface area contributed by atoms with E-state index in [0.29, 0.717) is 0 Å². The molecule has 0 bridgehead atoms. The van der Waals surface area contributed by atoms with Crippen molar-refractivity contribution in [2.45, 2.75) is 0 Å². The molecule has 10 aromatic carbocycles. The summed E-state index contributed by atoms with van der Waals surface area (Å²) in [4.78, 5) is 2.51. The van der Waals surface area contributed by atoms with Gasteiger partial charge in [0.2, 0.25) is 0 Å². The fourth-order valence-corrected chi connectivity index (χ4v) is 10.5.